The number of carbonyl (C=O) groups excluding carboxylic acids is 1. The topological polar surface area (TPSA) is 57.3 Å². The number of amides is 1. The zero-order valence-electron chi connectivity index (χ0n) is 18.4. The summed E-state index contributed by atoms with van der Waals surface area (Å²) in [6.45, 7) is 4.47. The molecule has 3 aromatic rings. The Hall–Kier alpha value is -3.41. The summed E-state index contributed by atoms with van der Waals surface area (Å²) in [4.78, 5) is 19.8. The van der Waals surface area contributed by atoms with E-state index in [1.165, 1.54) is 12.1 Å². The number of anilines is 3. The Morgan fingerprint density at radius 3 is 2.47 bits per heavy atom. The molecule has 2 heterocycles. The zero-order chi connectivity index (χ0) is 22.3. The molecular weight excluding hydrogens is 403 g/mol. The van der Waals surface area contributed by atoms with Crippen LogP contribution in [-0.4, -0.2) is 24.0 Å². The summed E-state index contributed by atoms with van der Waals surface area (Å²) >= 11 is 0. The fourth-order valence-corrected chi connectivity index (χ4v) is 3.99. The van der Waals surface area contributed by atoms with E-state index >= 15 is 0 Å². The molecule has 0 spiro atoms. The van der Waals surface area contributed by atoms with Crippen molar-refractivity contribution >= 4 is 23.2 Å². The summed E-state index contributed by atoms with van der Waals surface area (Å²) in [5, 5.41) is 6.39. The predicted molar refractivity (Wildman–Crippen MR) is 128 cm³/mol. The van der Waals surface area contributed by atoms with E-state index < -0.39 is 0 Å². The molecule has 1 atom stereocenters. The first-order valence-corrected chi connectivity index (χ1v) is 11.2. The van der Waals surface area contributed by atoms with Gasteiger partial charge in [0.2, 0.25) is 5.91 Å². The van der Waals surface area contributed by atoms with Gasteiger partial charge in [0.1, 0.15) is 11.6 Å². The van der Waals surface area contributed by atoms with Crippen LogP contribution < -0.4 is 15.5 Å². The number of nitrogens with zero attached hydrogens (tertiary/aromatic N) is 2. The first-order chi connectivity index (χ1) is 15.6. The predicted octanol–water partition coefficient (Wildman–Crippen LogP) is 5.57. The van der Waals surface area contributed by atoms with Gasteiger partial charge < -0.3 is 15.5 Å². The molecule has 1 fully saturated rings. The van der Waals surface area contributed by atoms with Gasteiger partial charge in [0.15, 0.2) is 5.82 Å². The van der Waals surface area contributed by atoms with Crippen LogP contribution in [0, 0.1) is 5.82 Å². The third kappa shape index (κ3) is 5.63. The molecule has 32 heavy (non-hydrogen) atoms. The lowest BCUT2D eigenvalue weighted by Gasteiger charge is -2.22. The van der Waals surface area contributed by atoms with Crippen molar-refractivity contribution in [2.75, 3.05) is 28.6 Å². The van der Waals surface area contributed by atoms with Crippen LogP contribution in [0.25, 0.3) is 0 Å². The van der Waals surface area contributed by atoms with E-state index in [2.05, 4.69) is 34.6 Å². The van der Waals surface area contributed by atoms with Crippen LogP contribution in [0.15, 0.2) is 66.7 Å². The third-order valence-electron chi connectivity index (χ3n) is 5.80. The lowest BCUT2D eigenvalue weighted by Crippen LogP contribution is -2.23. The second-order valence-electron chi connectivity index (χ2n) is 8.31. The molecule has 1 saturated heterocycles. The highest BCUT2D eigenvalue weighted by Gasteiger charge is 2.20. The molecule has 0 bridgehead atoms. The van der Waals surface area contributed by atoms with Gasteiger partial charge in [-0.2, -0.15) is 0 Å². The molecule has 6 heteroatoms. The molecule has 1 aliphatic rings. The molecule has 1 aliphatic heterocycles. The van der Waals surface area contributed by atoms with Crippen LogP contribution in [-0.2, 0) is 11.3 Å². The van der Waals surface area contributed by atoms with Gasteiger partial charge in [0.05, 0.1) is 5.69 Å². The van der Waals surface area contributed by atoms with Crippen molar-refractivity contribution in [1.29, 1.82) is 0 Å². The van der Waals surface area contributed by atoms with Crippen LogP contribution in [0.5, 0.6) is 0 Å². The quantitative estimate of drug-likeness (QED) is 0.489. The summed E-state index contributed by atoms with van der Waals surface area (Å²) in [6.07, 6.45) is 2.65. The van der Waals surface area contributed by atoms with E-state index in [1.54, 1.807) is 12.1 Å². The van der Waals surface area contributed by atoms with Gasteiger partial charge in [-0.05, 0) is 54.2 Å². The summed E-state index contributed by atoms with van der Waals surface area (Å²) in [5.74, 6) is 1.40. The molecule has 0 saturated carbocycles. The summed E-state index contributed by atoms with van der Waals surface area (Å²) in [7, 11) is 0. The van der Waals surface area contributed by atoms with Crippen molar-refractivity contribution in [2.24, 2.45) is 0 Å². The van der Waals surface area contributed by atoms with Crippen LogP contribution in [0.4, 0.5) is 21.7 Å². The van der Waals surface area contributed by atoms with Gasteiger partial charge in [-0.15, -0.1) is 0 Å². The number of hydrogen-bond acceptors (Lipinski definition) is 4. The van der Waals surface area contributed by atoms with E-state index in [0.717, 1.165) is 54.4 Å². The summed E-state index contributed by atoms with van der Waals surface area (Å²) < 4.78 is 13.1. The minimum Gasteiger partial charge on any atom is -0.366 e. The second kappa shape index (κ2) is 10.3. The molecule has 1 unspecified atom stereocenters. The van der Waals surface area contributed by atoms with Crippen LogP contribution in [0.2, 0.25) is 0 Å². The minimum absolute atomic E-state index is 0.0179. The first-order valence-electron chi connectivity index (χ1n) is 11.2. The lowest BCUT2D eigenvalue weighted by atomic mass is 9.97. The standard InChI is InChI=1S/C26H29FN4O/c1-19(21-7-3-2-4-8-21)17-25(32)29-23-13-14-24(30-26(23)31-15-5-6-16-31)28-18-20-9-11-22(27)12-10-20/h2-4,7-14,19H,5-6,15-18H2,1H3,(H,28,30)(H,29,32). The molecule has 2 N–H and O–H groups in total. The number of halogens is 1. The van der Waals surface area contributed by atoms with E-state index in [4.69, 9.17) is 4.98 Å². The molecule has 4 rings (SSSR count). The molecule has 166 valence electrons. The van der Waals surface area contributed by atoms with Crippen LogP contribution >= 0.6 is 0 Å². The monoisotopic (exact) mass is 432 g/mol. The molecule has 0 aliphatic carbocycles. The number of hydrogen-bond donors (Lipinski definition) is 2. The summed E-state index contributed by atoms with van der Waals surface area (Å²) in [6, 6.07) is 20.3. The number of carbonyl (C=O) groups is 1. The van der Waals surface area contributed by atoms with E-state index in [1.807, 2.05) is 30.3 Å². The normalized spacial score (nSPS) is 14.2. The summed E-state index contributed by atoms with van der Waals surface area (Å²) in [5.41, 5.74) is 2.87. The number of nitrogens with one attached hydrogen (secondary N) is 2. The van der Waals surface area contributed by atoms with Gasteiger partial charge in [0, 0.05) is 26.1 Å². The number of pyridine rings is 1. The molecule has 2 aromatic carbocycles. The van der Waals surface area contributed by atoms with Crippen molar-refractivity contribution in [3.05, 3.63) is 83.7 Å². The van der Waals surface area contributed by atoms with Crippen molar-refractivity contribution in [3.63, 3.8) is 0 Å². The van der Waals surface area contributed by atoms with Gasteiger partial charge in [-0.3, -0.25) is 4.79 Å². The van der Waals surface area contributed by atoms with Crippen LogP contribution in [0.1, 0.15) is 43.2 Å². The number of aromatic nitrogens is 1. The third-order valence-corrected chi connectivity index (χ3v) is 5.80. The number of benzene rings is 2. The van der Waals surface area contributed by atoms with Crippen molar-refractivity contribution in [2.45, 2.75) is 38.6 Å². The Morgan fingerprint density at radius 1 is 1.03 bits per heavy atom. The maximum Gasteiger partial charge on any atom is 0.225 e. The highest BCUT2D eigenvalue weighted by molar-refractivity contribution is 5.94. The fraction of sp³-hybridized carbons (Fsp3) is 0.308. The minimum atomic E-state index is -0.245. The average Bonchev–Trinajstić information content (AvgIpc) is 3.35. The Balaban J connectivity index is 1.45. The Bertz CT molecular complexity index is 1030. The maximum atomic E-state index is 13.1. The largest absolute Gasteiger partial charge is 0.366 e. The highest BCUT2D eigenvalue weighted by atomic mass is 19.1. The molecule has 0 radical (unpaired) electrons. The van der Waals surface area contributed by atoms with Crippen molar-refractivity contribution < 1.29 is 9.18 Å². The van der Waals surface area contributed by atoms with Gasteiger partial charge >= 0.3 is 0 Å². The fourth-order valence-electron chi connectivity index (χ4n) is 3.99. The van der Waals surface area contributed by atoms with Crippen LogP contribution in [0.3, 0.4) is 0 Å². The lowest BCUT2D eigenvalue weighted by molar-refractivity contribution is -0.116. The maximum absolute atomic E-state index is 13.1. The molecule has 1 aromatic heterocycles. The molecular formula is C26H29FN4O. The Labute approximate surface area is 188 Å². The number of rotatable bonds is 8. The molecule has 1 amide bonds. The SMILES string of the molecule is CC(CC(=O)Nc1ccc(NCc2ccc(F)cc2)nc1N1CCCC1)c1ccccc1. The van der Waals surface area contributed by atoms with Gasteiger partial charge in [0.25, 0.3) is 0 Å². The zero-order valence-corrected chi connectivity index (χ0v) is 18.4. The van der Waals surface area contributed by atoms with E-state index in [0.29, 0.717) is 13.0 Å². The molecule has 5 nitrogen and oxygen atoms in total. The van der Waals surface area contributed by atoms with E-state index in [-0.39, 0.29) is 17.6 Å². The van der Waals surface area contributed by atoms with Crippen molar-refractivity contribution in [1.82, 2.24) is 4.98 Å². The Morgan fingerprint density at radius 2 is 1.75 bits per heavy atom. The Kier molecular flexibility index (Phi) is 7.00. The van der Waals surface area contributed by atoms with Gasteiger partial charge in [-0.25, -0.2) is 9.37 Å². The van der Waals surface area contributed by atoms with Crippen molar-refractivity contribution in [3.8, 4) is 0 Å². The second-order valence-corrected chi connectivity index (χ2v) is 8.31. The van der Waals surface area contributed by atoms with Gasteiger partial charge in [-0.1, -0.05) is 49.4 Å². The average molecular weight is 433 g/mol. The van der Waals surface area contributed by atoms with E-state index in [9.17, 15) is 9.18 Å². The highest BCUT2D eigenvalue weighted by Crippen LogP contribution is 2.29. The first kappa shape index (κ1) is 21.8. The smallest absolute Gasteiger partial charge is 0.225 e.